The molecule has 1 aliphatic rings. The smallest absolute Gasteiger partial charge is 0.217 e. The molecule has 26 heavy (non-hydrogen) atoms. The van der Waals surface area contributed by atoms with Gasteiger partial charge < -0.3 is 10.6 Å². The highest BCUT2D eigenvalue weighted by Crippen LogP contribution is 2.31. The maximum Gasteiger partial charge on any atom is 0.217 e. The SMILES string of the molecule is NC(=O)CC1CCCN(c2nc(-c3cccnc3)nc3ccccc23)C1. The summed E-state index contributed by atoms with van der Waals surface area (Å²) in [4.78, 5) is 27.4. The lowest BCUT2D eigenvalue weighted by atomic mass is 9.94. The quantitative estimate of drug-likeness (QED) is 0.784. The molecule has 1 unspecified atom stereocenters. The second-order valence-electron chi connectivity index (χ2n) is 6.75. The molecule has 1 amide bonds. The molecule has 2 N–H and O–H groups in total. The zero-order valence-electron chi connectivity index (χ0n) is 14.5. The van der Waals surface area contributed by atoms with E-state index >= 15 is 0 Å². The summed E-state index contributed by atoms with van der Waals surface area (Å²) in [6, 6.07) is 11.9. The molecule has 6 heteroatoms. The Labute approximate surface area is 152 Å². The van der Waals surface area contributed by atoms with E-state index in [1.807, 2.05) is 30.3 Å². The predicted molar refractivity (Wildman–Crippen MR) is 102 cm³/mol. The summed E-state index contributed by atoms with van der Waals surface area (Å²) in [6.45, 7) is 1.71. The molecule has 1 atom stereocenters. The zero-order chi connectivity index (χ0) is 17.9. The Morgan fingerprint density at radius 3 is 2.88 bits per heavy atom. The van der Waals surface area contributed by atoms with Gasteiger partial charge >= 0.3 is 0 Å². The molecule has 4 rings (SSSR count). The molecule has 1 saturated heterocycles. The van der Waals surface area contributed by atoms with Crippen LogP contribution in [0, 0.1) is 5.92 Å². The fourth-order valence-electron chi connectivity index (χ4n) is 3.63. The van der Waals surface area contributed by atoms with Crippen molar-refractivity contribution >= 4 is 22.6 Å². The number of pyridine rings is 1. The van der Waals surface area contributed by atoms with E-state index in [0.29, 0.717) is 12.2 Å². The van der Waals surface area contributed by atoms with Crippen LogP contribution >= 0.6 is 0 Å². The monoisotopic (exact) mass is 347 g/mol. The van der Waals surface area contributed by atoms with Crippen molar-refractivity contribution in [2.75, 3.05) is 18.0 Å². The summed E-state index contributed by atoms with van der Waals surface area (Å²) in [5.74, 6) is 1.63. The average molecular weight is 347 g/mol. The van der Waals surface area contributed by atoms with E-state index in [1.54, 1.807) is 12.4 Å². The highest BCUT2D eigenvalue weighted by atomic mass is 16.1. The lowest BCUT2D eigenvalue weighted by molar-refractivity contribution is -0.118. The molecule has 0 radical (unpaired) electrons. The molecule has 1 aliphatic heterocycles. The van der Waals surface area contributed by atoms with E-state index in [-0.39, 0.29) is 11.8 Å². The summed E-state index contributed by atoms with van der Waals surface area (Å²) >= 11 is 0. The van der Waals surface area contributed by atoms with Crippen LogP contribution in [-0.2, 0) is 4.79 Å². The molecule has 132 valence electrons. The van der Waals surface area contributed by atoms with Crippen molar-refractivity contribution in [3.05, 3.63) is 48.8 Å². The van der Waals surface area contributed by atoms with Gasteiger partial charge in [-0.1, -0.05) is 12.1 Å². The fraction of sp³-hybridized carbons (Fsp3) is 0.300. The molecule has 3 heterocycles. The number of fused-ring (bicyclic) bond motifs is 1. The van der Waals surface area contributed by atoms with E-state index in [2.05, 4.69) is 16.0 Å². The lowest BCUT2D eigenvalue weighted by Gasteiger charge is -2.33. The number of rotatable bonds is 4. The van der Waals surface area contributed by atoms with Crippen LogP contribution in [0.5, 0.6) is 0 Å². The number of hydrogen-bond donors (Lipinski definition) is 1. The predicted octanol–water partition coefficient (Wildman–Crippen LogP) is 2.78. The van der Waals surface area contributed by atoms with Gasteiger partial charge in [0, 0.05) is 42.9 Å². The third-order valence-electron chi connectivity index (χ3n) is 4.81. The maximum atomic E-state index is 11.3. The average Bonchev–Trinajstić information content (AvgIpc) is 2.67. The molecule has 1 fully saturated rings. The Hall–Kier alpha value is -3.02. The van der Waals surface area contributed by atoms with Crippen molar-refractivity contribution in [1.82, 2.24) is 15.0 Å². The summed E-state index contributed by atoms with van der Waals surface area (Å²) in [6.07, 6.45) is 6.00. The Bertz CT molecular complexity index is 928. The molecule has 0 spiro atoms. The highest BCUT2D eigenvalue weighted by Gasteiger charge is 2.24. The second kappa shape index (κ2) is 7.07. The van der Waals surface area contributed by atoms with Gasteiger partial charge in [0.2, 0.25) is 5.91 Å². The fourth-order valence-corrected chi connectivity index (χ4v) is 3.63. The van der Waals surface area contributed by atoms with E-state index in [9.17, 15) is 4.79 Å². The standard InChI is InChI=1S/C20H21N5O/c21-18(26)11-14-5-4-10-25(13-14)20-16-7-1-2-8-17(16)23-19(24-20)15-6-3-9-22-12-15/h1-3,6-9,12,14H,4-5,10-11,13H2,(H2,21,26). The van der Waals surface area contributed by atoms with Crippen LogP contribution in [0.25, 0.3) is 22.3 Å². The number of hydrogen-bond acceptors (Lipinski definition) is 5. The Balaban J connectivity index is 1.77. The summed E-state index contributed by atoms with van der Waals surface area (Å²) < 4.78 is 0. The molecule has 0 aliphatic carbocycles. The first-order valence-corrected chi connectivity index (χ1v) is 8.91. The minimum atomic E-state index is -0.236. The number of carbonyl (C=O) groups excluding carboxylic acids is 1. The third-order valence-corrected chi connectivity index (χ3v) is 4.81. The number of nitrogens with two attached hydrogens (primary N) is 1. The van der Waals surface area contributed by atoms with Gasteiger partial charge in [0.15, 0.2) is 5.82 Å². The van der Waals surface area contributed by atoms with Crippen LogP contribution in [0.3, 0.4) is 0 Å². The van der Waals surface area contributed by atoms with Crippen molar-refractivity contribution in [3.8, 4) is 11.4 Å². The zero-order valence-corrected chi connectivity index (χ0v) is 14.5. The van der Waals surface area contributed by atoms with Gasteiger partial charge in [-0.15, -0.1) is 0 Å². The molecule has 1 aromatic carbocycles. The number of primary amides is 1. The molecule has 0 saturated carbocycles. The minimum Gasteiger partial charge on any atom is -0.370 e. The van der Waals surface area contributed by atoms with E-state index in [1.165, 1.54) is 0 Å². The van der Waals surface area contributed by atoms with Crippen LogP contribution < -0.4 is 10.6 Å². The second-order valence-corrected chi connectivity index (χ2v) is 6.75. The van der Waals surface area contributed by atoms with Crippen LogP contribution in [0.1, 0.15) is 19.3 Å². The first-order chi connectivity index (χ1) is 12.7. The third kappa shape index (κ3) is 3.35. The summed E-state index contributed by atoms with van der Waals surface area (Å²) in [5.41, 5.74) is 7.21. The molecular weight excluding hydrogens is 326 g/mol. The van der Waals surface area contributed by atoms with E-state index in [0.717, 1.165) is 48.2 Å². The molecule has 6 nitrogen and oxygen atoms in total. The first kappa shape index (κ1) is 16.4. The lowest BCUT2D eigenvalue weighted by Crippen LogP contribution is -2.37. The number of piperidine rings is 1. The summed E-state index contributed by atoms with van der Waals surface area (Å²) in [7, 11) is 0. The van der Waals surface area contributed by atoms with Gasteiger partial charge in [0.1, 0.15) is 5.82 Å². The van der Waals surface area contributed by atoms with Gasteiger partial charge in [0.25, 0.3) is 0 Å². The highest BCUT2D eigenvalue weighted by molar-refractivity contribution is 5.91. The molecule has 2 aromatic heterocycles. The van der Waals surface area contributed by atoms with Crippen molar-refractivity contribution in [2.45, 2.75) is 19.3 Å². The van der Waals surface area contributed by atoms with Crippen molar-refractivity contribution < 1.29 is 4.79 Å². The van der Waals surface area contributed by atoms with Crippen molar-refractivity contribution in [2.24, 2.45) is 11.7 Å². The van der Waals surface area contributed by atoms with Crippen LogP contribution in [0.2, 0.25) is 0 Å². The molecule has 3 aromatic rings. The largest absolute Gasteiger partial charge is 0.370 e. The van der Waals surface area contributed by atoms with E-state index < -0.39 is 0 Å². The van der Waals surface area contributed by atoms with Gasteiger partial charge in [-0.3, -0.25) is 9.78 Å². The molecule has 0 bridgehead atoms. The van der Waals surface area contributed by atoms with Gasteiger partial charge in [0.05, 0.1) is 5.52 Å². The minimum absolute atomic E-state index is 0.236. The molecular formula is C20H21N5O. The number of para-hydroxylation sites is 1. The number of amides is 1. The van der Waals surface area contributed by atoms with Gasteiger partial charge in [-0.25, -0.2) is 9.97 Å². The van der Waals surface area contributed by atoms with Crippen LogP contribution in [-0.4, -0.2) is 33.9 Å². The maximum absolute atomic E-state index is 11.3. The van der Waals surface area contributed by atoms with Crippen LogP contribution in [0.15, 0.2) is 48.8 Å². The van der Waals surface area contributed by atoms with Gasteiger partial charge in [-0.2, -0.15) is 0 Å². The Kier molecular flexibility index (Phi) is 4.48. The van der Waals surface area contributed by atoms with Gasteiger partial charge in [-0.05, 0) is 43.0 Å². The van der Waals surface area contributed by atoms with Crippen LogP contribution in [0.4, 0.5) is 5.82 Å². The van der Waals surface area contributed by atoms with E-state index in [4.69, 9.17) is 15.7 Å². The Morgan fingerprint density at radius 1 is 1.19 bits per heavy atom. The number of anilines is 1. The summed E-state index contributed by atoms with van der Waals surface area (Å²) in [5, 5.41) is 1.03. The first-order valence-electron chi connectivity index (χ1n) is 8.91. The normalized spacial score (nSPS) is 17.4. The Morgan fingerprint density at radius 2 is 2.08 bits per heavy atom. The topological polar surface area (TPSA) is 85.0 Å². The number of benzene rings is 1. The number of aromatic nitrogens is 3. The van der Waals surface area contributed by atoms with Crippen molar-refractivity contribution in [1.29, 1.82) is 0 Å². The van der Waals surface area contributed by atoms with Crippen molar-refractivity contribution in [3.63, 3.8) is 0 Å². The number of carbonyl (C=O) groups is 1. The number of nitrogens with zero attached hydrogens (tertiary/aromatic N) is 4.